The molecule has 26 heavy (non-hydrogen) atoms. The molecule has 4 aromatic carbocycles. The molecule has 0 bridgehead atoms. The van der Waals surface area contributed by atoms with Crippen LogP contribution in [0.15, 0.2) is 146 Å². The predicted molar refractivity (Wildman–Crippen MR) is 117 cm³/mol. The molecule has 0 atom stereocenters. The van der Waals surface area contributed by atoms with Crippen LogP contribution < -0.4 is 0 Å². The molecule has 0 heterocycles. The van der Waals surface area contributed by atoms with E-state index in [-0.39, 0.29) is 37.7 Å². The normalized spacial score (nSPS) is 7.38. The quantitative estimate of drug-likeness (QED) is 0.348. The molecule has 0 aliphatic heterocycles. The Hall–Kier alpha value is -1.93. The van der Waals surface area contributed by atoms with Crippen LogP contribution in [0.4, 0.5) is 0 Å². The summed E-state index contributed by atoms with van der Waals surface area (Å²) in [6, 6.07) is 48.0. The molecule has 4 rings (SSSR count). The number of benzene rings is 4. The van der Waals surface area contributed by atoms with Crippen molar-refractivity contribution in [1.29, 1.82) is 0 Å². The third kappa shape index (κ3) is 20.1. The van der Waals surface area contributed by atoms with E-state index in [0.717, 1.165) is 0 Å². The zero-order valence-electron chi connectivity index (χ0n) is 15.9. The topological polar surface area (TPSA) is 0 Å². The molecule has 0 unspecified atom stereocenters. The van der Waals surface area contributed by atoms with Crippen LogP contribution in [0.2, 0.25) is 0 Å². The summed E-state index contributed by atoms with van der Waals surface area (Å²) in [6.07, 6.45) is 0. The Morgan fingerprint density at radius 1 is 0.115 bits per heavy atom. The van der Waals surface area contributed by atoms with Crippen LogP contribution in [0, 0.1) is 0 Å². The second kappa shape index (κ2) is 23.1. The molecule has 0 aromatic heterocycles. The summed E-state index contributed by atoms with van der Waals surface area (Å²) in [4.78, 5) is 0. The van der Waals surface area contributed by atoms with Crippen LogP contribution in [0.25, 0.3) is 0 Å². The zero-order valence-corrected chi connectivity index (χ0v) is 15.9. The fraction of sp³-hybridized carbons (Fsp3) is 0. The molecular formula is C24H24Li2. The van der Waals surface area contributed by atoms with Crippen LogP contribution >= 0.6 is 0 Å². The first-order valence-corrected chi connectivity index (χ1v) is 8.00. The third-order valence-corrected chi connectivity index (χ3v) is 2.67. The van der Waals surface area contributed by atoms with Gasteiger partial charge in [0.05, 0.1) is 0 Å². The van der Waals surface area contributed by atoms with Crippen molar-refractivity contribution in [2.45, 2.75) is 0 Å². The average molecular weight is 326 g/mol. The first-order valence-electron chi connectivity index (χ1n) is 8.00. The number of rotatable bonds is 0. The van der Waals surface area contributed by atoms with E-state index in [2.05, 4.69) is 0 Å². The zero-order chi connectivity index (χ0) is 17.0. The van der Waals surface area contributed by atoms with Gasteiger partial charge in [0.15, 0.2) is 0 Å². The maximum absolute atomic E-state index is 2.00. The molecular weight excluding hydrogens is 302 g/mol. The van der Waals surface area contributed by atoms with Crippen LogP contribution in [0.3, 0.4) is 0 Å². The van der Waals surface area contributed by atoms with Crippen molar-refractivity contribution in [3.63, 3.8) is 0 Å². The van der Waals surface area contributed by atoms with Gasteiger partial charge in [0.2, 0.25) is 0 Å². The maximum Gasteiger partial charge on any atom is 0 e. The van der Waals surface area contributed by atoms with Crippen molar-refractivity contribution in [3.05, 3.63) is 146 Å². The summed E-state index contributed by atoms with van der Waals surface area (Å²) in [5, 5.41) is 0. The Morgan fingerprint density at radius 3 is 0.192 bits per heavy atom. The van der Waals surface area contributed by atoms with Gasteiger partial charge in [0, 0.05) is 37.7 Å². The summed E-state index contributed by atoms with van der Waals surface area (Å²) in [6.45, 7) is 0. The summed E-state index contributed by atoms with van der Waals surface area (Å²) in [5.74, 6) is 0. The van der Waals surface area contributed by atoms with Crippen molar-refractivity contribution in [2.75, 3.05) is 0 Å². The van der Waals surface area contributed by atoms with E-state index in [0.29, 0.717) is 0 Å². The first-order chi connectivity index (χ1) is 12.0. The van der Waals surface area contributed by atoms with Crippen molar-refractivity contribution >= 4 is 37.7 Å². The van der Waals surface area contributed by atoms with E-state index in [4.69, 9.17) is 0 Å². The number of hydrogen-bond acceptors (Lipinski definition) is 0. The van der Waals surface area contributed by atoms with E-state index < -0.39 is 0 Å². The second-order valence-electron chi connectivity index (χ2n) is 4.62. The van der Waals surface area contributed by atoms with Gasteiger partial charge in [-0.25, -0.2) is 0 Å². The summed E-state index contributed by atoms with van der Waals surface area (Å²) < 4.78 is 0. The van der Waals surface area contributed by atoms with Gasteiger partial charge in [-0.05, 0) is 0 Å². The fourth-order valence-electron chi connectivity index (χ4n) is 1.54. The van der Waals surface area contributed by atoms with Crippen LogP contribution in [0.1, 0.15) is 0 Å². The van der Waals surface area contributed by atoms with Crippen LogP contribution in [-0.2, 0) is 0 Å². The SMILES string of the molecule is [Li].[Li].c1ccccc1.c1ccccc1.c1ccccc1.c1ccccc1. The molecule has 0 spiro atoms. The largest absolute Gasteiger partial charge is 0.0623 e. The van der Waals surface area contributed by atoms with Gasteiger partial charge in [-0.15, -0.1) is 0 Å². The summed E-state index contributed by atoms with van der Waals surface area (Å²) in [7, 11) is 0. The molecule has 0 nitrogen and oxygen atoms in total. The molecule has 0 aliphatic carbocycles. The molecule has 4 aromatic rings. The first kappa shape index (κ1) is 26.3. The van der Waals surface area contributed by atoms with Gasteiger partial charge < -0.3 is 0 Å². The van der Waals surface area contributed by atoms with Crippen molar-refractivity contribution in [3.8, 4) is 0 Å². The summed E-state index contributed by atoms with van der Waals surface area (Å²) >= 11 is 0. The molecule has 0 fully saturated rings. The Balaban J connectivity index is 0. The molecule has 0 N–H and O–H groups in total. The molecule has 122 valence electrons. The van der Waals surface area contributed by atoms with Crippen molar-refractivity contribution in [2.24, 2.45) is 0 Å². The van der Waals surface area contributed by atoms with E-state index in [1.165, 1.54) is 0 Å². The molecule has 0 aliphatic rings. The van der Waals surface area contributed by atoms with Gasteiger partial charge in [0.25, 0.3) is 0 Å². The Kier molecular flexibility index (Phi) is 23.3. The van der Waals surface area contributed by atoms with Crippen LogP contribution in [-0.4, -0.2) is 37.7 Å². The smallest absolute Gasteiger partial charge is 0 e. The Labute approximate surface area is 182 Å². The minimum atomic E-state index is 0. The minimum absolute atomic E-state index is 0. The van der Waals surface area contributed by atoms with Crippen molar-refractivity contribution in [1.82, 2.24) is 0 Å². The summed E-state index contributed by atoms with van der Waals surface area (Å²) in [5.41, 5.74) is 0. The van der Waals surface area contributed by atoms with Gasteiger partial charge in [-0.3, -0.25) is 0 Å². The predicted octanol–water partition coefficient (Wildman–Crippen LogP) is 5.98. The number of hydrogen-bond donors (Lipinski definition) is 0. The Bertz CT molecular complexity index is 424. The van der Waals surface area contributed by atoms with Crippen LogP contribution in [0.5, 0.6) is 0 Å². The van der Waals surface area contributed by atoms with Gasteiger partial charge in [-0.1, -0.05) is 146 Å². The van der Waals surface area contributed by atoms with Crippen molar-refractivity contribution < 1.29 is 0 Å². The molecule has 2 radical (unpaired) electrons. The molecule has 0 amide bonds. The van der Waals surface area contributed by atoms with Gasteiger partial charge in [0.1, 0.15) is 0 Å². The monoisotopic (exact) mass is 326 g/mol. The standard InChI is InChI=1S/4C6H6.2Li/c4*1-2-4-6-5-3-1;;/h4*1-6H;;. The van der Waals surface area contributed by atoms with Gasteiger partial charge >= 0.3 is 0 Å². The third-order valence-electron chi connectivity index (χ3n) is 2.67. The molecule has 0 saturated carbocycles. The average Bonchev–Trinajstić information content (AvgIpc) is 2.75. The fourth-order valence-corrected chi connectivity index (χ4v) is 1.54. The second-order valence-corrected chi connectivity index (χ2v) is 4.62. The Morgan fingerprint density at radius 2 is 0.154 bits per heavy atom. The maximum atomic E-state index is 2.00. The van der Waals surface area contributed by atoms with E-state index >= 15 is 0 Å². The van der Waals surface area contributed by atoms with E-state index in [1.807, 2.05) is 146 Å². The molecule has 2 heteroatoms. The minimum Gasteiger partial charge on any atom is -0.0623 e. The molecule has 0 saturated heterocycles. The van der Waals surface area contributed by atoms with E-state index in [1.54, 1.807) is 0 Å². The van der Waals surface area contributed by atoms with Gasteiger partial charge in [-0.2, -0.15) is 0 Å². The van der Waals surface area contributed by atoms with E-state index in [9.17, 15) is 0 Å².